The highest BCUT2D eigenvalue weighted by atomic mass is 35.5. The van der Waals surface area contributed by atoms with E-state index in [1.165, 1.54) is 0 Å². The van der Waals surface area contributed by atoms with Crippen LogP contribution in [0, 0.1) is 0 Å². The van der Waals surface area contributed by atoms with E-state index in [-0.39, 0.29) is 12.0 Å². The Morgan fingerprint density at radius 2 is 1.88 bits per heavy atom. The molecule has 26 heavy (non-hydrogen) atoms. The fourth-order valence-corrected chi connectivity index (χ4v) is 3.46. The molecule has 0 saturated heterocycles. The lowest BCUT2D eigenvalue weighted by atomic mass is 10.1. The Balaban J connectivity index is 1.89. The maximum Gasteiger partial charge on any atom is 0.258 e. The molecule has 0 radical (unpaired) electrons. The van der Waals surface area contributed by atoms with Crippen molar-refractivity contribution in [2.24, 2.45) is 0 Å². The molecule has 1 heterocycles. The largest absolute Gasteiger partial charge is 0.491 e. The van der Waals surface area contributed by atoms with Crippen molar-refractivity contribution in [1.29, 1.82) is 0 Å². The number of hydrogen-bond donors (Lipinski definition) is 0. The van der Waals surface area contributed by atoms with E-state index in [4.69, 9.17) is 16.3 Å². The first kappa shape index (κ1) is 18.5. The number of carbonyl (C=O) groups excluding carboxylic acids is 1. The van der Waals surface area contributed by atoms with E-state index < -0.39 is 0 Å². The minimum atomic E-state index is -0.0724. The van der Waals surface area contributed by atoms with Gasteiger partial charge in [0.2, 0.25) is 0 Å². The molecule has 0 fully saturated rings. The summed E-state index contributed by atoms with van der Waals surface area (Å²) in [5.74, 6) is 0.681. The quantitative estimate of drug-likeness (QED) is 0.518. The first-order chi connectivity index (χ1) is 12.5. The molecular weight excluding hydrogens is 366 g/mol. The molecule has 0 saturated carbocycles. The SMILES string of the molecule is CC(C)Oc1ccc(C(=O)N(Cc2cccs2)c2cccc(Cl)c2)cc1. The van der Waals surface area contributed by atoms with E-state index in [9.17, 15) is 4.79 Å². The van der Waals surface area contributed by atoms with Gasteiger partial charge in [0.15, 0.2) is 0 Å². The summed E-state index contributed by atoms with van der Waals surface area (Å²) in [7, 11) is 0. The number of carbonyl (C=O) groups is 1. The van der Waals surface area contributed by atoms with Crippen LogP contribution in [0.15, 0.2) is 66.0 Å². The summed E-state index contributed by atoms with van der Waals surface area (Å²) in [6, 6.07) is 18.6. The van der Waals surface area contributed by atoms with E-state index in [0.29, 0.717) is 17.1 Å². The van der Waals surface area contributed by atoms with E-state index >= 15 is 0 Å². The highest BCUT2D eigenvalue weighted by molar-refractivity contribution is 7.09. The topological polar surface area (TPSA) is 29.5 Å². The third-order valence-electron chi connectivity index (χ3n) is 3.73. The van der Waals surface area contributed by atoms with Crippen molar-refractivity contribution < 1.29 is 9.53 Å². The zero-order valence-electron chi connectivity index (χ0n) is 14.7. The molecule has 5 heteroatoms. The maximum atomic E-state index is 13.2. The van der Waals surface area contributed by atoms with Crippen LogP contribution in [0.4, 0.5) is 5.69 Å². The summed E-state index contributed by atoms with van der Waals surface area (Å²) in [5, 5.41) is 2.61. The highest BCUT2D eigenvalue weighted by Crippen LogP contribution is 2.25. The van der Waals surface area contributed by atoms with Gasteiger partial charge in [-0.15, -0.1) is 11.3 Å². The lowest BCUT2D eigenvalue weighted by molar-refractivity contribution is 0.0985. The van der Waals surface area contributed by atoms with Gasteiger partial charge in [-0.3, -0.25) is 4.79 Å². The Bertz CT molecular complexity index is 860. The first-order valence-corrected chi connectivity index (χ1v) is 9.65. The molecule has 0 unspecified atom stereocenters. The molecule has 0 N–H and O–H groups in total. The number of hydrogen-bond acceptors (Lipinski definition) is 3. The van der Waals surface area contributed by atoms with Gasteiger partial charge in [-0.1, -0.05) is 23.7 Å². The smallest absolute Gasteiger partial charge is 0.258 e. The van der Waals surface area contributed by atoms with E-state index in [1.54, 1.807) is 34.4 Å². The average molecular weight is 386 g/mol. The number of thiophene rings is 1. The van der Waals surface area contributed by atoms with Crippen molar-refractivity contribution in [3.63, 3.8) is 0 Å². The molecule has 3 aromatic rings. The van der Waals surface area contributed by atoms with Crippen molar-refractivity contribution >= 4 is 34.5 Å². The zero-order valence-corrected chi connectivity index (χ0v) is 16.3. The van der Waals surface area contributed by atoms with E-state index in [1.807, 2.05) is 61.7 Å². The Kier molecular flexibility index (Phi) is 5.96. The number of amides is 1. The number of benzene rings is 2. The van der Waals surface area contributed by atoms with Crippen molar-refractivity contribution in [2.45, 2.75) is 26.5 Å². The Morgan fingerprint density at radius 3 is 2.50 bits per heavy atom. The fourth-order valence-electron chi connectivity index (χ4n) is 2.59. The second-order valence-corrected chi connectivity index (χ2v) is 7.61. The second kappa shape index (κ2) is 8.39. The third kappa shape index (κ3) is 4.65. The predicted octanol–water partition coefficient (Wildman–Crippen LogP) is 6.04. The summed E-state index contributed by atoms with van der Waals surface area (Å²) in [6.45, 7) is 4.45. The summed E-state index contributed by atoms with van der Waals surface area (Å²) in [5.41, 5.74) is 1.39. The molecule has 0 aliphatic heterocycles. The normalized spacial score (nSPS) is 10.8. The van der Waals surface area contributed by atoms with Gasteiger partial charge in [0.05, 0.1) is 12.6 Å². The van der Waals surface area contributed by atoms with Crippen molar-refractivity contribution in [3.8, 4) is 5.75 Å². The Morgan fingerprint density at radius 1 is 1.12 bits per heavy atom. The summed E-state index contributed by atoms with van der Waals surface area (Å²) >= 11 is 7.76. The number of nitrogens with zero attached hydrogens (tertiary/aromatic N) is 1. The average Bonchev–Trinajstić information content (AvgIpc) is 3.12. The van der Waals surface area contributed by atoms with Gasteiger partial charge in [0, 0.05) is 21.2 Å². The maximum absolute atomic E-state index is 13.2. The van der Waals surface area contributed by atoms with Gasteiger partial charge < -0.3 is 9.64 Å². The van der Waals surface area contributed by atoms with Crippen LogP contribution in [0.1, 0.15) is 29.1 Å². The van der Waals surface area contributed by atoms with Gasteiger partial charge in [0.25, 0.3) is 5.91 Å². The van der Waals surface area contributed by atoms with Crippen LogP contribution in [-0.2, 0) is 6.54 Å². The van der Waals surface area contributed by atoms with Gasteiger partial charge >= 0.3 is 0 Å². The highest BCUT2D eigenvalue weighted by Gasteiger charge is 2.19. The molecule has 3 nitrogen and oxygen atoms in total. The lowest BCUT2D eigenvalue weighted by Gasteiger charge is -2.23. The second-order valence-electron chi connectivity index (χ2n) is 6.14. The summed E-state index contributed by atoms with van der Waals surface area (Å²) < 4.78 is 5.65. The van der Waals surface area contributed by atoms with Crippen LogP contribution in [0.2, 0.25) is 5.02 Å². The lowest BCUT2D eigenvalue weighted by Crippen LogP contribution is -2.30. The van der Waals surface area contributed by atoms with Crippen LogP contribution in [0.25, 0.3) is 0 Å². The number of rotatable bonds is 6. The first-order valence-electron chi connectivity index (χ1n) is 8.39. The van der Waals surface area contributed by atoms with Crippen molar-refractivity contribution in [3.05, 3.63) is 81.5 Å². The van der Waals surface area contributed by atoms with E-state index in [2.05, 4.69) is 0 Å². The standard InChI is InChI=1S/C21H20ClNO2S/c1-15(2)25-19-10-8-16(9-11-19)21(24)23(14-20-7-4-12-26-20)18-6-3-5-17(22)13-18/h3-13,15H,14H2,1-2H3. The molecule has 2 aromatic carbocycles. The summed E-state index contributed by atoms with van der Waals surface area (Å²) in [6.07, 6.45) is 0.0957. The van der Waals surface area contributed by atoms with Crippen LogP contribution in [0.3, 0.4) is 0 Å². The van der Waals surface area contributed by atoms with Crippen LogP contribution >= 0.6 is 22.9 Å². The van der Waals surface area contributed by atoms with Crippen molar-refractivity contribution in [2.75, 3.05) is 4.90 Å². The van der Waals surface area contributed by atoms with Gasteiger partial charge in [0.1, 0.15) is 5.75 Å². The molecule has 3 rings (SSSR count). The van der Waals surface area contributed by atoms with Crippen LogP contribution < -0.4 is 9.64 Å². The molecule has 0 aliphatic carbocycles. The number of anilines is 1. The monoisotopic (exact) mass is 385 g/mol. The Hall–Kier alpha value is -2.30. The van der Waals surface area contributed by atoms with Gasteiger partial charge in [-0.2, -0.15) is 0 Å². The molecule has 134 valence electrons. The third-order valence-corrected chi connectivity index (χ3v) is 4.83. The van der Waals surface area contributed by atoms with Crippen LogP contribution in [0.5, 0.6) is 5.75 Å². The van der Waals surface area contributed by atoms with Gasteiger partial charge in [-0.25, -0.2) is 0 Å². The molecule has 0 atom stereocenters. The van der Waals surface area contributed by atoms with Gasteiger partial charge in [-0.05, 0) is 67.8 Å². The van der Waals surface area contributed by atoms with E-state index in [0.717, 1.165) is 16.3 Å². The number of halogens is 1. The van der Waals surface area contributed by atoms with Crippen LogP contribution in [-0.4, -0.2) is 12.0 Å². The predicted molar refractivity (Wildman–Crippen MR) is 108 cm³/mol. The van der Waals surface area contributed by atoms with Crippen molar-refractivity contribution in [1.82, 2.24) is 0 Å². The Labute approximate surface area is 162 Å². The number of ether oxygens (including phenoxy) is 1. The molecule has 0 aliphatic rings. The molecule has 0 bridgehead atoms. The fraction of sp³-hybridized carbons (Fsp3) is 0.190. The molecular formula is C21H20ClNO2S. The molecule has 0 spiro atoms. The molecule has 1 aromatic heterocycles. The summed E-state index contributed by atoms with van der Waals surface area (Å²) in [4.78, 5) is 16.0. The minimum absolute atomic E-state index is 0.0724. The minimum Gasteiger partial charge on any atom is -0.491 e. The zero-order chi connectivity index (χ0) is 18.5. The molecule has 1 amide bonds.